The van der Waals surface area contributed by atoms with Gasteiger partial charge in [-0.25, -0.2) is 8.42 Å². The Morgan fingerprint density at radius 2 is 2.12 bits per heavy atom. The van der Waals surface area contributed by atoms with E-state index in [1.165, 1.54) is 0 Å². The third kappa shape index (κ3) is 3.38. The van der Waals surface area contributed by atoms with E-state index in [0.29, 0.717) is 26.1 Å². The molecule has 0 unspecified atom stereocenters. The van der Waals surface area contributed by atoms with Gasteiger partial charge in [0, 0.05) is 45.2 Å². The summed E-state index contributed by atoms with van der Waals surface area (Å²) < 4.78 is 23.7. The molecule has 0 spiro atoms. The van der Waals surface area contributed by atoms with Crippen molar-refractivity contribution in [3.05, 3.63) is 51.8 Å². The van der Waals surface area contributed by atoms with E-state index in [1.807, 2.05) is 6.07 Å². The van der Waals surface area contributed by atoms with Crippen molar-refractivity contribution in [3.8, 4) is 11.1 Å². The molecular weight excluding hydrogens is 416 g/mol. The second-order valence-electron chi connectivity index (χ2n) is 5.42. The largest absolute Gasteiger partial charge is 0.352 e. The normalized spacial score (nSPS) is 11.8. The first-order valence-electron chi connectivity index (χ1n) is 6.88. The van der Waals surface area contributed by atoms with Crippen LogP contribution in [0, 0.1) is 0 Å². The van der Waals surface area contributed by atoms with Crippen molar-refractivity contribution in [2.45, 2.75) is 0 Å². The molecule has 0 aliphatic heterocycles. The lowest BCUT2D eigenvalue weighted by Gasteiger charge is -2.04. The van der Waals surface area contributed by atoms with Crippen molar-refractivity contribution in [1.29, 1.82) is 0 Å². The Bertz CT molecular complexity index is 1050. The smallest absolute Gasteiger partial charge is 0.194 e. The number of pyridine rings is 1. The van der Waals surface area contributed by atoms with E-state index < -0.39 is 21.4 Å². The molecule has 0 aliphatic carbocycles. The number of halogens is 2. The Hall–Kier alpha value is -1.70. The van der Waals surface area contributed by atoms with Gasteiger partial charge in [0.1, 0.15) is 5.75 Å². The first-order chi connectivity index (χ1) is 11.3. The monoisotopic (exact) mass is 426 g/mol. The number of hydrogen-bond donors (Lipinski definition) is 1. The van der Waals surface area contributed by atoms with Crippen molar-refractivity contribution in [1.82, 2.24) is 9.97 Å². The van der Waals surface area contributed by atoms with Crippen LogP contribution in [0.5, 0.6) is 0 Å². The molecule has 24 heavy (non-hydrogen) atoms. The van der Waals surface area contributed by atoms with Gasteiger partial charge in [-0.3, -0.25) is 9.78 Å². The van der Waals surface area contributed by atoms with Crippen LogP contribution in [-0.4, -0.2) is 36.2 Å². The summed E-state index contributed by atoms with van der Waals surface area (Å²) >= 11 is 9.53. The van der Waals surface area contributed by atoms with Crippen LogP contribution < -0.4 is 0 Å². The van der Waals surface area contributed by atoms with Crippen LogP contribution in [0.2, 0.25) is 5.02 Å². The zero-order chi connectivity index (χ0) is 17.5. The molecule has 0 saturated heterocycles. The fourth-order valence-corrected chi connectivity index (χ4v) is 3.65. The average Bonchev–Trinajstić information content (AvgIpc) is 2.85. The van der Waals surface area contributed by atoms with Gasteiger partial charge in [0.2, 0.25) is 0 Å². The highest BCUT2D eigenvalue weighted by Gasteiger charge is 2.23. The van der Waals surface area contributed by atoms with Gasteiger partial charge in [-0.1, -0.05) is 17.7 Å². The Morgan fingerprint density at radius 1 is 1.38 bits per heavy atom. The molecule has 0 radical (unpaired) electrons. The fourth-order valence-electron chi connectivity index (χ4n) is 2.52. The average molecular weight is 428 g/mol. The first-order valence-corrected chi connectivity index (χ1v) is 10.1. The number of ketones is 1. The Morgan fingerprint density at radius 3 is 2.75 bits per heavy atom. The number of rotatable bonds is 4. The van der Waals surface area contributed by atoms with Gasteiger partial charge < -0.3 is 4.98 Å². The molecule has 0 saturated carbocycles. The van der Waals surface area contributed by atoms with Crippen molar-refractivity contribution < 1.29 is 13.2 Å². The topological polar surface area (TPSA) is 79.9 Å². The summed E-state index contributed by atoms with van der Waals surface area (Å²) in [4.78, 5) is 19.6. The second-order valence-corrected chi connectivity index (χ2v) is 8.82. The van der Waals surface area contributed by atoms with Crippen molar-refractivity contribution in [2.24, 2.45) is 0 Å². The molecular formula is C16H12BrClN2O3S. The van der Waals surface area contributed by atoms with E-state index in [2.05, 4.69) is 25.9 Å². The number of aromatic nitrogens is 2. The molecule has 3 rings (SSSR count). The lowest BCUT2D eigenvalue weighted by molar-refractivity contribution is 0.101. The number of Topliss-reactive ketones (excluding diaryl/α,β-unsaturated/α-hetero) is 1. The van der Waals surface area contributed by atoms with Gasteiger partial charge in [0.05, 0.1) is 10.7 Å². The third-order valence-electron chi connectivity index (χ3n) is 3.46. The van der Waals surface area contributed by atoms with E-state index in [-0.39, 0.29) is 5.69 Å². The zero-order valence-electron chi connectivity index (χ0n) is 12.5. The van der Waals surface area contributed by atoms with Crippen LogP contribution >= 0.6 is 27.5 Å². The van der Waals surface area contributed by atoms with Crippen molar-refractivity contribution >= 4 is 54.1 Å². The molecule has 8 heteroatoms. The number of H-pyrrole nitrogens is 1. The summed E-state index contributed by atoms with van der Waals surface area (Å²) in [6.07, 6.45) is 4.28. The summed E-state index contributed by atoms with van der Waals surface area (Å²) in [5.74, 6) is -1.07. The maximum Gasteiger partial charge on any atom is 0.194 e. The van der Waals surface area contributed by atoms with Crippen molar-refractivity contribution in [2.75, 3.05) is 12.0 Å². The number of sulfone groups is 1. The number of nitrogens with one attached hydrogen (secondary N) is 1. The van der Waals surface area contributed by atoms with Crippen LogP contribution in [0.3, 0.4) is 0 Å². The minimum Gasteiger partial charge on any atom is -0.352 e. The highest BCUT2D eigenvalue weighted by atomic mass is 79.9. The highest BCUT2D eigenvalue weighted by molar-refractivity contribution is 9.10. The maximum atomic E-state index is 12.5. The van der Waals surface area contributed by atoms with Gasteiger partial charge in [-0.2, -0.15) is 0 Å². The number of carbonyl (C=O) groups excluding carboxylic acids is 1. The fraction of sp³-hybridized carbons (Fsp3) is 0.125. The SMILES string of the molecule is CS(=O)(=O)CC(=O)c1[nH]c2cc(Br)c(Cl)cc2c1-c1cccnc1. The molecule has 2 heterocycles. The Labute approximate surface area is 152 Å². The van der Waals surface area contributed by atoms with E-state index in [0.717, 1.165) is 11.6 Å². The molecule has 0 amide bonds. The lowest BCUT2D eigenvalue weighted by Crippen LogP contribution is -2.15. The van der Waals surface area contributed by atoms with E-state index in [9.17, 15) is 13.2 Å². The number of aromatic amines is 1. The summed E-state index contributed by atoms with van der Waals surface area (Å²) in [7, 11) is -3.44. The number of benzene rings is 1. The predicted molar refractivity (Wildman–Crippen MR) is 98.3 cm³/mol. The Kier molecular flexibility index (Phi) is 4.50. The molecule has 0 bridgehead atoms. The zero-order valence-corrected chi connectivity index (χ0v) is 15.7. The molecule has 0 atom stereocenters. The molecule has 0 aliphatic rings. The molecule has 1 N–H and O–H groups in total. The maximum absolute atomic E-state index is 12.5. The lowest BCUT2D eigenvalue weighted by atomic mass is 10.0. The van der Waals surface area contributed by atoms with Crippen LogP contribution in [-0.2, 0) is 9.84 Å². The van der Waals surface area contributed by atoms with Gasteiger partial charge in [0.25, 0.3) is 0 Å². The second kappa shape index (κ2) is 6.31. The van der Waals surface area contributed by atoms with Gasteiger partial charge in [-0.15, -0.1) is 0 Å². The molecule has 124 valence electrons. The molecule has 1 aromatic carbocycles. The quantitative estimate of drug-likeness (QED) is 0.641. The molecule has 2 aromatic heterocycles. The van der Waals surface area contributed by atoms with Crippen LogP contribution in [0.15, 0.2) is 41.1 Å². The van der Waals surface area contributed by atoms with Crippen LogP contribution in [0.25, 0.3) is 22.0 Å². The summed E-state index contributed by atoms with van der Waals surface area (Å²) in [5, 5.41) is 1.22. The van der Waals surface area contributed by atoms with Gasteiger partial charge in [-0.05, 0) is 34.1 Å². The van der Waals surface area contributed by atoms with E-state index in [4.69, 9.17) is 11.6 Å². The standard InChI is InChI=1S/C16H12BrClN2O3S/c1-24(22,23)8-14(21)16-15(9-3-2-4-19-7-9)10-5-12(18)11(17)6-13(10)20-16/h2-7,20H,8H2,1H3. The number of carbonyl (C=O) groups is 1. The van der Waals surface area contributed by atoms with E-state index >= 15 is 0 Å². The number of hydrogen-bond acceptors (Lipinski definition) is 4. The summed E-state index contributed by atoms with van der Waals surface area (Å²) in [6.45, 7) is 0. The Balaban J connectivity index is 2.30. The summed E-state index contributed by atoms with van der Waals surface area (Å²) in [5.41, 5.74) is 2.22. The number of fused-ring (bicyclic) bond motifs is 1. The van der Waals surface area contributed by atoms with E-state index in [1.54, 1.807) is 30.6 Å². The van der Waals surface area contributed by atoms with Crippen LogP contribution in [0.1, 0.15) is 10.5 Å². The predicted octanol–water partition coefficient (Wildman–Crippen LogP) is 3.87. The van der Waals surface area contributed by atoms with Gasteiger partial charge >= 0.3 is 0 Å². The van der Waals surface area contributed by atoms with Crippen molar-refractivity contribution in [3.63, 3.8) is 0 Å². The first kappa shape index (κ1) is 17.1. The number of nitrogens with zero attached hydrogens (tertiary/aromatic N) is 1. The highest BCUT2D eigenvalue weighted by Crippen LogP contribution is 2.37. The summed E-state index contributed by atoms with van der Waals surface area (Å²) in [6, 6.07) is 7.05. The minimum absolute atomic E-state index is 0.234. The minimum atomic E-state index is -3.44. The third-order valence-corrected chi connectivity index (χ3v) is 5.45. The molecule has 0 fully saturated rings. The van der Waals surface area contributed by atoms with Crippen LogP contribution in [0.4, 0.5) is 0 Å². The van der Waals surface area contributed by atoms with Gasteiger partial charge in [0.15, 0.2) is 15.6 Å². The molecule has 3 aromatic rings. The molecule has 5 nitrogen and oxygen atoms in total.